The molecular weight excluding hydrogens is 552 g/mol. The molecule has 1 fully saturated rings. The minimum atomic E-state index is -2.53. The van der Waals surface area contributed by atoms with Gasteiger partial charge in [0.15, 0.2) is 17.0 Å². The Morgan fingerprint density at radius 1 is 1.17 bits per heavy atom. The fraction of sp³-hybridized carbons (Fsp3) is 0.286. The third-order valence-corrected chi connectivity index (χ3v) is 6.99. The third kappa shape index (κ3) is 5.83. The molecule has 5 rings (SSSR count). The fourth-order valence-electron chi connectivity index (χ4n) is 4.67. The highest BCUT2D eigenvalue weighted by Gasteiger charge is 2.50. The van der Waals surface area contributed by atoms with Crippen molar-refractivity contribution in [2.24, 2.45) is 5.92 Å². The van der Waals surface area contributed by atoms with Crippen molar-refractivity contribution >= 4 is 40.5 Å². The smallest absolute Gasteiger partial charge is 0.348 e. The van der Waals surface area contributed by atoms with E-state index in [4.69, 9.17) is 27.5 Å². The number of benzene rings is 1. The van der Waals surface area contributed by atoms with Crippen molar-refractivity contribution in [3.05, 3.63) is 77.6 Å². The number of nitrogens with zero attached hydrogens (tertiary/aromatic N) is 5. The van der Waals surface area contributed by atoms with Gasteiger partial charge in [0.05, 0.1) is 25.0 Å². The van der Waals surface area contributed by atoms with Gasteiger partial charge in [-0.1, -0.05) is 36.4 Å². The van der Waals surface area contributed by atoms with Crippen LogP contribution in [0.2, 0.25) is 5.28 Å². The summed E-state index contributed by atoms with van der Waals surface area (Å²) in [7, 11) is 0. The lowest BCUT2D eigenvalue weighted by atomic mass is 9.94. The number of pyridine rings is 1. The maximum atomic E-state index is 12.2. The molecule has 1 saturated heterocycles. The van der Waals surface area contributed by atoms with Crippen LogP contribution in [0.4, 0.5) is 5.82 Å². The summed E-state index contributed by atoms with van der Waals surface area (Å²) in [5, 5.41) is 23.0. The Bertz CT molecular complexity index is 1580. The van der Waals surface area contributed by atoms with Gasteiger partial charge in [-0.05, 0) is 28.8 Å². The van der Waals surface area contributed by atoms with E-state index in [1.165, 1.54) is 6.33 Å². The summed E-state index contributed by atoms with van der Waals surface area (Å²) in [6.07, 6.45) is 9.20. The van der Waals surface area contributed by atoms with Gasteiger partial charge < -0.3 is 25.0 Å². The molecule has 41 heavy (non-hydrogen) atoms. The largest absolute Gasteiger partial charge is 0.479 e. The van der Waals surface area contributed by atoms with E-state index in [0.29, 0.717) is 35.5 Å². The number of carboxylic acid groups (broad SMARTS) is 2. The van der Waals surface area contributed by atoms with Gasteiger partial charge in [0, 0.05) is 31.8 Å². The zero-order chi connectivity index (χ0) is 29.0. The van der Waals surface area contributed by atoms with Gasteiger partial charge in [-0.25, -0.2) is 14.6 Å². The van der Waals surface area contributed by atoms with E-state index in [1.54, 1.807) is 47.3 Å². The molecular formula is C28H25ClN6O6. The van der Waals surface area contributed by atoms with Crippen LogP contribution in [0.3, 0.4) is 0 Å². The molecule has 0 spiro atoms. The van der Waals surface area contributed by atoms with Crippen molar-refractivity contribution in [3.63, 3.8) is 0 Å². The standard InChI is InChI=1S/C28H25ClN6O6/c1-2-19-11-21(41-20(19)15-40-28(25(36)37,26(38)39)12-17-7-4-3-5-8-17)35-16-32-22-23(33-27(29)34-24(22)35)31-14-18-9-6-10-30-13-18/h1,3-10,13,16,19-21H,11-12,14-15H2,(H,36,37)(H,38,39)(H,31,33,34). The first kappa shape index (κ1) is 28.0. The van der Waals surface area contributed by atoms with Gasteiger partial charge in [0.1, 0.15) is 6.23 Å². The van der Waals surface area contributed by atoms with Crippen molar-refractivity contribution in [3.8, 4) is 12.3 Å². The van der Waals surface area contributed by atoms with Crippen LogP contribution in [0.25, 0.3) is 11.2 Å². The normalized spacial score (nSPS) is 18.7. The molecule has 12 nitrogen and oxygen atoms in total. The number of ether oxygens (including phenoxy) is 2. The number of rotatable bonds is 11. The van der Waals surface area contributed by atoms with Crippen molar-refractivity contribution < 1.29 is 29.3 Å². The molecule has 0 amide bonds. The Morgan fingerprint density at radius 2 is 1.93 bits per heavy atom. The summed E-state index contributed by atoms with van der Waals surface area (Å²) in [6.45, 7) is 0.0661. The summed E-state index contributed by atoms with van der Waals surface area (Å²) in [6, 6.07) is 12.1. The number of aromatic nitrogens is 5. The highest BCUT2D eigenvalue weighted by Crippen LogP contribution is 2.36. The van der Waals surface area contributed by atoms with Gasteiger partial charge in [0.2, 0.25) is 5.28 Å². The third-order valence-electron chi connectivity index (χ3n) is 6.82. The number of nitrogens with one attached hydrogen (secondary N) is 1. The number of aliphatic carboxylic acids is 2. The molecule has 0 radical (unpaired) electrons. The molecule has 0 saturated carbocycles. The molecule has 3 N–H and O–H groups in total. The zero-order valence-corrected chi connectivity index (χ0v) is 22.3. The van der Waals surface area contributed by atoms with Crippen molar-refractivity contribution in [2.75, 3.05) is 11.9 Å². The average Bonchev–Trinajstić information content (AvgIpc) is 3.58. The van der Waals surface area contributed by atoms with Crippen LogP contribution >= 0.6 is 11.6 Å². The molecule has 0 bridgehead atoms. The molecule has 4 aromatic rings. The van der Waals surface area contributed by atoms with Gasteiger partial charge in [-0.15, -0.1) is 12.3 Å². The first-order valence-corrected chi connectivity index (χ1v) is 13.0. The van der Waals surface area contributed by atoms with Gasteiger partial charge in [0.25, 0.3) is 5.60 Å². The van der Waals surface area contributed by atoms with Crippen molar-refractivity contribution in [1.82, 2.24) is 24.5 Å². The van der Waals surface area contributed by atoms with Crippen LogP contribution in [-0.4, -0.2) is 65.0 Å². The summed E-state index contributed by atoms with van der Waals surface area (Å²) in [5.74, 6) is -0.689. The van der Waals surface area contributed by atoms with Crippen LogP contribution in [-0.2, 0) is 32.0 Å². The van der Waals surface area contributed by atoms with Gasteiger partial charge in [-0.3, -0.25) is 9.55 Å². The lowest BCUT2D eigenvalue weighted by Crippen LogP contribution is -2.52. The molecule has 3 unspecified atom stereocenters. The number of terminal acetylenes is 1. The maximum absolute atomic E-state index is 12.2. The molecule has 4 heterocycles. The van der Waals surface area contributed by atoms with E-state index in [1.807, 2.05) is 12.1 Å². The predicted octanol–water partition coefficient (Wildman–Crippen LogP) is 3.19. The van der Waals surface area contributed by atoms with Gasteiger partial charge >= 0.3 is 11.9 Å². The highest BCUT2D eigenvalue weighted by atomic mass is 35.5. The summed E-state index contributed by atoms with van der Waals surface area (Å²) < 4.78 is 13.5. The fourth-order valence-corrected chi connectivity index (χ4v) is 4.83. The number of fused-ring (bicyclic) bond motifs is 1. The summed E-state index contributed by atoms with van der Waals surface area (Å²) >= 11 is 6.23. The number of hydrogen-bond donors (Lipinski definition) is 3. The number of carbonyl (C=O) groups is 2. The predicted molar refractivity (Wildman–Crippen MR) is 147 cm³/mol. The summed E-state index contributed by atoms with van der Waals surface area (Å²) in [5.41, 5.74) is -0.252. The number of imidazole rings is 1. The first-order valence-electron chi connectivity index (χ1n) is 12.6. The quantitative estimate of drug-likeness (QED) is 0.136. The molecule has 1 aliphatic heterocycles. The SMILES string of the molecule is C#CC1CC(n2cnc3c(NCc4cccnc4)nc(Cl)nc32)OC1COC(Cc1ccccc1)(C(=O)O)C(=O)O. The lowest BCUT2D eigenvalue weighted by Gasteiger charge is -2.27. The number of halogens is 1. The Morgan fingerprint density at radius 3 is 2.61 bits per heavy atom. The molecule has 1 aromatic carbocycles. The first-order chi connectivity index (χ1) is 19.8. The van der Waals surface area contributed by atoms with Crippen LogP contribution < -0.4 is 5.32 Å². The molecule has 0 aliphatic carbocycles. The summed E-state index contributed by atoms with van der Waals surface area (Å²) in [4.78, 5) is 41.5. The topological polar surface area (TPSA) is 162 Å². The second kappa shape index (κ2) is 11.9. The van der Waals surface area contributed by atoms with Crippen molar-refractivity contribution in [1.29, 1.82) is 0 Å². The zero-order valence-electron chi connectivity index (χ0n) is 21.6. The van der Waals surface area contributed by atoms with Crippen LogP contribution in [0.1, 0.15) is 23.8 Å². The second-order valence-corrected chi connectivity index (χ2v) is 9.77. The van der Waals surface area contributed by atoms with E-state index >= 15 is 0 Å². The Labute approximate surface area is 239 Å². The molecule has 1 aliphatic rings. The van der Waals surface area contributed by atoms with Crippen LogP contribution in [0, 0.1) is 18.3 Å². The number of carboxylic acids is 2. The Balaban J connectivity index is 1.35. The monoisotopic (exact) mass is 576 g/mol. The molecule has 3 atom stereocenters. The number of anilines is 1. The minimum absolute atomic E-state index is 0.00655. The average molecular weight is 577 g/mol. The Kier molecular flexibility index (Phi) is 8.11. The van der Waals surface area contributed by atoms with E-state index in [0.717, 1.165) is 5.56 Å². The van der Waals surface area contributed by atoms with Crippen molar-refractivity contribution in [2.45, 2.75) is 37.3 Å². The van der Waals surface area contributed by atoms with E-state index < -0.39 is 35.8 Å². The van der Waals surface area contributed by atoms with E-state index in [-0.39, 0.29) is 18.3 Å². The highest BCUT2D eigenvalue weighted by molar-refractivity contribution is 6.28. The molecule has 3 aromatic heterocycles. The van der Waals surface area contributed by atoms with Crippen LogP contribution in [0.15, 0.2) is 61.2 Å². The minimum Gasteiger partial charge on any atom is -0.479 e. The second-order valence-electron chi connectivity index (χ2n) is 9.43. The Hall–Kier alpha value is -4.57. The van der Waals surface area contributed by atoms with E-state index in [9.17, 15) is 19.8 Å². The van der Waals surface area contributed by atoms with E-state index in [2.05, 4.69) is 31.2 Å². The number of hydrogen-bond acceptors (Lipinski definition) is 9. The maximum Gasteiger partial charge on any atom is 0.348 e. The lowest BCUT2D eigenvalue weighted by molar-refractivity contribution is -0.188. The van der Waals surface area contributed by atoms with Gasteiger partial charge in [-0.2, -0.15) is 9.97 Å². The van der Waals surface area contributed by atoms with Crippen LogP contribution in [0.5, 0.6) is 0 Å². The molecule has 210 valence electrons. The molecule has 13 heteroatoms.